The van der Waals surface area contributed by atoms with Gasteiger partial charge in [0, 0.05) is 16.1 Å². The minimum Gasteiger partial charge on any atom is -0.404 e. The Hall–Kier alpha value is -3.18. The number of rotatable bonds is 4. The van der Waals surface area contributed by atoms with Crippen LogP contribution < -0.4 is 4.74 Å². The molecule has 5 heteroatoms. The molecule has 0 atom stereocenters. The van der Waals surface area contributed by atoms with Crippen LogP contribution >= 0.6 is 15.9 Å². The van der Waals surface area contributed by atoms with Crippen molar-refractivity contribution < 1.29 is 9.53 Å². The van der Waals surface area contributed by atoms with Gasteiger partial charge in [0.25, 0.3) is 0 Å². The molecule has 4 aromatic rings. The molecule has 3 aromatic carbocycles. The van der Waals surface area contributed by atoms with Crippen molar-refractivity contribution in [1.29, 1.82) is 0 Å². The fourth-order valence-corrected chi connectivity index (χ4v) is 3.35. The smallest absolute Gasteiger partial charge is 0.346 e. The van der Waals surface area contributed by atoms with Crippen LogP contribution in [0.5, 0.6) is 5.88 Å². The van der Waals surface area contributed by atoms with Gasteiger partial charge in [-0.3, -0.25) is 0 Å². The number of hydrogen-bond acceptors (Lipinski definition) is 3. The normalized spacial score (nSPS) is 10.6. The van der Waals surface area contributed by atoms with Crippen molar-refractivity contribution in [2.24, 2.45) is 0 Å². The SMILES string of the molecule is Cc1cccc(-n2nc(-c3ccccc3)cc2OC(=O)c2ccccc2Br)c1. The van der Waals surface area contributed by atoms with Crippen molar-refractivity contribution >= 4 is 21.9 Å². The number of halogens is 1. The topological polar surface area (TPSA) is 44.1 Å². The zero-order valence-corrected chi connectivity index (χ0v) is 16.8. The summed E-state index contributed by atoms with van der Waals surface area (Å²) >= 11 is 3.40. The van der Waals surface area contributed by atoms with E-state index in [-0.39, 0.29) is 0 Å². The van der Waals surface area contributed by atoms with E-state index in [1.54, 1.807) is 22.9 Å². The summed E-state index contributed by atoms with van der Waals surface area (Å²) in [4.78, 5) is 12.7. The monoisotopic (exact) mass is 432 g/mol. The van der Waals surface area contributed by atoms with Gasteiger partial charge in [-0.05, 0) is 52.7 Å². The number of carbonyl (C=O) groups is 1. The predicted molar refractivity (Wildman–Crippen MR) is 113 cm³/mol. The Morgan fingerprint density at radius 2 is 1.68 bits per heavy atom. The van der Waals surface area contributed by atoms with Crippen LogP contribution in [-0.4, -0.2) is 15.7 Å². The molecule has 0 saturated carbocycles. The quantitative estimate of drug-likeness (QED) is 0.381. The van der Waals surface area contributed by atoms with Gasteiger partial charge in [-0.1, -0.05) is 54.6 Å². The van der Waals surface area contributed by atoms with Crippen molar-refractivity contribution in [3.8, 4) is 22.8 Å². The van der Waals surface area contributed by atoms with Crippen LogP contribution in [0.2, 0.25) is 0 Å². The zero-order chi connectivity index (χ0) is 19.5. The molecule has 0 saturated heterocycles. The number of aryl methyl sites for hydroxylation is 1. The van der Waals surface area contributed by atoms with Crippen molar-refractivity contribution in [1.82, 2.24) is 9.78 Å². The van der Waals surface area contributed by atoms with Gasteiger partial charge < -0.3 is 4.74 Å². The summed E-state index contributed by atoms with van der Waals surface area (Å²) in [5.41, 5.74) is 4.07. The van der Waals surface area contributed by atoms with E-state index < -0.39 is 5.97 Å². The number of benzene rings is 3. The maximum absolute atomic E-state index is 12.7. The summed E-state index contributed by atoms with van der Waals surface area (Å²) < 4.78 is 8.08. The number of esters is 1. The lowest BCUT2D eigenvalue weighted by Crippen LogP contribution is -2.12. The molecule has 0 fully saturated rings. The van der Waals surface area contributed by atoms with Crippen LogP contribution in [0, 0.1) is 6.92 Å². The van der Waals surface area contributed by atoms with Crippen molar-refractivity contribution in [3.05, 3.63) is 101 Å². The first kappa shape index (κ1) is 18.2. The lowest BCUT2D eigenvalue weighted by molar-refractivity contribution is 0.0722. The average Bonchev–Trinajstić information content (AvgIpc) is 3.13. The highest BCUT2D eigenvalue weighted by molar-refractivity contribution is 9.10. The van der Waals surface area contributed by atoms with Crippen LogP contribution in [0.3, 0.4) is 0 Å². The van der Waals surface area contributed by atoms with Gasteiger partial charge >= 0.3 is 5.97 Å². The molecule has 138 valence electrons. The maximum Gasteiger partial charge on any atom is 0.346 e. The van der Waals surface area contributed by atoms with Crippen molar-refractivity contribution in [3.63, 3.8) is 0 Å². The van der Waals surface area contributed by atoms with Gasteiger partial charge in [-0.25, -0.2) is 4.79 Å². The molecular formula is C23H17BrN2O2. The third kappa shape index (κ3) is 3.75. The summed E-state index contributed by atoms with van der Waals surface area (Å²) in [6.45, 7) is 2.01. The highest BCUT2D eigenvalue weighted by Crippen LogP contribution is 2.28. The molecule has 1 aromatic heterocycles. The minimum absolute atomic E-state index is 0.366. The van der Waals surface area contributed by atoms with Gasteiger partial charge in [-0.15, -0.1) is 0 Å². The first-order valence-electron chi connectivity index (χ1n) is 8.81. The summed E-state index contributed by atoms with van der Waals surface area (Å²) in [6.07, 6.45) is 0. The second-order valence-corrected chi connectivity index (χ2v) is 7.21. The molecule has 0 bridgehead atoms. The Bertz CT molecular complexity index is 1140. The van der Waals surface area contributed by atoms with Gasteiger partial charge in [0.1, 0.15) is 0 Å². The summed E-state index contributed by atoms with van der Waals surface area (Å²) in [5, 5.41) is 4.69. The summed E-state index contributed by atoms with van der Waals surface area (Å²) in [7, 11) is 0. The van der Waals surface area contributed by atoms with E-state index in [0.29, 0.717) is 15.9 Å². The number of nitrogens with zero attached hydrogens (tertiary/aromatic N) is 2. The molecule has 0 aliphatic heterocycles. The molecule has 0 aliphatic rings. The molecule has 0 unspecified atom stereocenters. The highest BCUT2D eigenvalue weighted by atomic mass is 79.9. The molecule has 0 radical (unpaired) electrons. The largest absolute Gasteiger partial charge is 0.404 e. The standard InChI is InChI=1S/C23H17BrN2O2/c1-16-8-7-11-18(14-16)26-22(15-21(25-26)17-9-3-2-4-10-17)28-23(27)19-12-5-6-13-20(19)24/h2-15H,1H3. The summed E-state index contributed by atoms with van der Waals surface area (Å²) in [5.74, 6) is -0.0777. The van der Waals surface area contributed by atoms with E-state index >= 15 is 0 Å². The van der Waals surface area contributed by atoms with E-state index in [4.69, 9.17) is 4.74 Å². The summed E-state index contributed by atoms with van der Waals surface area (Å²) in [6, 6.07) is 26.7. The molecule has 28 heavy (non-hydrogen) atoms. The zero-order valence-electron chi connectivity index (χ0n) is 15.2. The fourth-order valence-electron chi connectivity index (χ4n) is 2.91. The highest BCUT2D eigenvalue weighted by Gasteiger charge is 2.18. The van der Waals surface area contributed by atoms with Crippen LogP contribution in [0.4, 0.5) is 0 Å². The van der Waals surface area contributed by atoms with Crippen molar-refractivity contribution in [2.45, 2.75) is 6.92 Å². The van der Waals surface area contributed by atoms with E-state index in [0.717, 1.165) is 22.5 Å². The van der Waals surface area contributed by atoms with Gasteiger partial charge in [0.15, 0.2) is 0 Å². The van der Waals surface area contributed by atoms with Crippen LogP contribution in [0.15, 0.2) is 89.4 Å². The number of carbonyl (C=O) groups excluding carboxylic acids is 1. The number of hydrogen-bond donors (Lipinski definition) is 0. The average molecular weight is 433 g/mol. The Morgan fingerprint density at radius 3 is 2.43 bits per heavy atom. The molecule has 4 nitrogen and oxygen atoms in total. The third-order valence-corrected chi connectivity index (χ3v) is 4.98. The lowest BCUT2D eigenvalue weighted by atomic mass is 10.2. The van der Waals surface area contributed by atoms with Crippen LogP contribution in [-0.2, 0) is 0 Å². The second-order valence-electron chi connectivity index (χ2n) is 6.35. The van der Waals surface area contributed by atoms with E-state index in [9.17, 15) is 4.79 Å². The fraction of sp³-hybridized carbons (Fsp3) is 0.0435. The second kappa shape index (κ2) is 7.82. The van der Waals surface area contributed by atoms with E-state index in [1.807, 2.05) is 73.7 Å². The molecular weight excluding hydrogens is 416 g/mol. The number of aromatic nitrogens is 2. The molecule has 0 amide bonds. The molecule has 0 spiro atoms. The van der Waals surface area contributed by atoms with Gasteiger partial charge in [0.05, 0.1) is 16.9 Å². The van der Waals surface area contributed by atoms with E-state index in [1.165, 1.54) is 0 Å². The Labute approximate surface area is 171 Å². The number of ether oxygens (including phenoxy) is 1. The van der Waals surface area contributed by atoms with E-state index in [2.05, 4.69) is 21.0 Å². The van der Waals surface area contributed by atoms with Crippen LogP contribution in [0.25, 0.3) is 16.9 Å². The van der Waals surface area contributed by atoms with Gasteiger partial charge in [-0.2, -0.15) is 9.78 Å². The Kier molecular flexibility index (Phi) is 5.08. The Morgan fingerprint density at radius 1 is 0.929 bits per heavy atom. The molecule has 0 aliphatic carbocycles. The minimum atomic E-state index is -0.444. The first-order chi connectivity index (χ1) is 13.6. The predicted octanol–water partition coefficient (Wildman–Crippen LogP) is 5.83. The molecule has 0 N–H and O–H groups in total. The first-order valence-corrected chi connectivity index (χ1v) is 9.60. The van der Waals surface area contributed by atoms with Crippen LogP contribution in [0.1, 0.15) is 15.9 Å². The Balaban J connectivity index is 1.77. The lowest BCUT2D eigenvalue weighted by Gasteiger charge is -2.09. The van der Waals surface area contributed by atoms with Gasteiger partial charge in [0.2, 0.25) is 5.88 Å². The van der Waals surface area contributed by atoms with Crippen molar-refractivity contribution in [2.75, 3.05) is 0 Å². The third-order valence-electron chi connectivity index (χ3n) is 4.28. The maximum atomic E-state index is 12.7. The molecule has 1 heterocycles. The molecule has 4 rings (SSSR count).